The van der Waals surface area contributed by atoms with Crippen LogP contribution in [0.15, 0.2) is 53.6 Å². The van der Waals surface area contributed by atoms with Crippen molar-refractivity contribution < 1.29 is 23.9 Å². The fourth-order valence-electron chi connectivity index (χ4n) is 2.49. The lowest BCUT2D eigenvalue weighted by Crippen LogP contribution is -2.14. The molecule has 2 aromatic rings. The van der Waals surface area contributed by atoms with Crippen LogP contribution in [0, 0.1) is 5.53 Å². The largest absolute Gasteiger partial charge is 0.482 e. The number of ether oxygens (including phenoxy) is 2. The quantitative estimate of drug-likeness (QED) is 0.359. The minimum atomic E-state index is -0.455. The average molecular weight is 382 g/mol. The first-order valence-corrected chi connectivity index (χ1v) is 8.90. The highest BCUT2D eigenvalue weighted by atomic mass is 16.6. The standard InChI is InChI=1S/C21H22N2O5/c1-2-27-21(26)14-28-18-9-7-17(8-10-18)20(25)12-11-19(24)16-5-3-15(4-6-16)13-23-22/h3-10,22H,2,11-14H2,1H3. The monoisotopic (exact) mass is 382 g/mol. The summed E-state index contributed by atoms with van der Waals surface area (Å²) in [5.74, 6) is -0.254. The minimum Gasteiger partial charge on any atom is -0.482 e. The molecular formula is C21H22N2O5. The van der Waals surface area contributed by atoms with Crippen LogP contribution in [0.1, 0.15) is 46.0 Å². The number of hydrogen-bond donors (Lipinski definition) is 1. The van der Waals surface area contributed by atoms with Gasteiger partial charge in [-0.2, -0.15) is 5.11 Å². The highest BCUT2D eigenvalue weighted by Crippen LogP contribution is 2.15. The first kappa shape index (κ1) is 21.0. The predicted octanol–water partition coefficient (Wildman–Crippen LogP) is 4.01. The Morgan fingerprint density at radius 1 is 0.893 bits per heavy atom. The molecular weight excluding hydrogens is 360 g/mol. The molecule has 0 saturated carbocycles. The molecule has 0 aliphatic rings. The van der Waals surface area contributed by atoms with Crippen molar-refractivity contribution in [3.8, 4) is 5.75 Å². The van der Waals surface area contributed by atoms with E-state index in [2.05, 4.69) is 5.11 Å². The van der Waals surface area contributed by atoms with Crippen LogP contribution in [-0.4, -0.2) is 30.7 Å². The van der Waals surface area contributed by atoms with Crippen LogP contribution >= 0.6 is 0 Å². The van der Waals surface area contributed by atoms with Gasteiger partial charge in [-0.15, -0.1) is 0 Å². The number of nitrogens with one attached hydrogen (secondary N) is 1. The van der Waals surface area contributed by atoms with E-state index in [-0.39, 0.29) is 37.6 Å². The normalized spacial score (nSPS) is 10.2. The van der Waals surface area contributed by atoms with E-state index in [1.54, 1.807) is 55.5 Å². The number of rotatable bonds is 11. The molecule has 0 aliphatic carbocycles. The van der Waals surface area contributed by atoms with E-state index < -0.39 is 5.97 Å². The lowest BCUT2D eigenvalue weighted by molar-refractivity contribution is -0.145. The number of carbonyl (C=O) groups is 3. The van der Waals surface area contributed by atoms with Gasteiger partial charge in [0, 0.05) is 24.0 Å². The zero-order valence-corrected chi connectivity index (χ0v) is 15.6. The van der Waals surface area contributed by atoms with Crippen molar-refractivity contribution in [2.45, 2.75) is 26.3 Å². The summed E-state index contributed by atoms with van der Waals surface area (Å²) >= 11 is 0. The van der Waals surface area contributed by atoms with Crippen molar-refractivity contribution in [2.75, 3.05) is 13.2 Å². The van der Waals surface area contributed by atoms with E-state index in [0.717, 1.165) is 5.56 Å². The van der Waals surface area contributed by atoms with E-state index in [9.17, 15) is 14.4 Å². The van der Waals surface area contributed by atoms with Gasteiger partial charge in [0.1, 0.15) is 5.75 Å². The molecule has 0 unspecified atom stereocenters. The second-order valence-corrected chi connectivity index (χ2v) is 5.98. The van der Waals surface area contributed by atoms with Gasteiger partial charge in [-0.05, 0) is 36.8 Å². The molecule has 0 spiro atoms. The second kappa shape index (κ2) is 10.7. The smallest absolute Gasteiger partial charge is 0.344 e. The van der Waals surface area contributed by atoms with E-state index >= 15 is 0 Å². The topological polar surface area (TPSA) is 106 Å². The Morgan fingerprint density at radius 2 is 1.43 bits per heavy atom. The Hall–Kier alpha value is -3.35. The second-order valence-electron chi connectivity index (χ2n) is 5.98. The number of carbonyl (C=O) groups excluding carboxylic acids is 3. The average Bonchev–Trinajstić information content (AvgIpc) is 2.71. The van der Waals surface area contributed by atoms with E-state index in [4.69, 9.17) is 15.0 Å². The van der Waals surface area contributed by atoms with Crippen LogP contribution in [0.5, 0.6) is 5.75 Å². The molecule has 0 heterocycles. The van der Waals surface area contributed by atoms with Gasteiger partial charge >= 0.3 is 5.97 Å². The van der Waals surface area contributed by atoms with Gasteiger partial charge in [-0.1, -0.05) is 24.3 Å². The van der Waals surface area contributed by atoms with Gasteiger partial charge < -0.3 is 9.47 Å². The number of Topliss-reactive ketones (excluding diaryl/α,β-unsaturated/α-hetero) is 2. The zero-order valence-electron chi connectivity index (χ0n) is 15.6. The summed E-state index contributed by atoms with van der Waals surface area (Å²) in [6.45, 7) is 2.10. The lowest BCUT2D eigenvalue weighted by Gasteiger charge is -2.07. The third-order valence-corrected chi connectivity index (χ3v) is 3.95. The molecule has 28 heavy (non-hydrogen) atoms. The predicted molar refractivity (Wildman–Crippen MR) is 102 cm³/mol. The summed E-state index contributed by atoms with van der Waals surface area (Å²) in [5.41, 5.74) is 8.70. The fourth-order valence-corrected chi connectivity index (χ4v) is 2.49. The molecule has 0 radical (unpaired) electrons. The summed E-state index contributed by atoms with van der Waals surface area (Å²) < 4.78 is 10.1. The van der Waals surface area contributed by atoms with Crippen molar-refractivity contribution >= 4 is 17.5 Å². The van der Waals surface area contributed by atoms with Gasteiger partial charge in [0.05, 0.1) is 13.2 Å². The molecule has 7 heteroatoms. The third kappa shape index (κ3) is 6.42. The summed E-state index contributed by atoms with van der Waals surface area (Å²) in [6, 6.07) is 13.3. The van der Waals surface area contributed by atoms with Crippen LogP contribution < -0.4 is 4.74 Å². The van der Waals surface area contributed by atoms with Crippen LogP contribution in [0.25, 0.3) is 0 Å². The van der Waals surface area contributed by atoms with Crippen molar-refractivity contribution in [2.24, 2.45) is 5.11 Å². The molecule has 2 aromatic carbocycles. The Labute approximate surface area is 163 Å². The number of benzene rings is 2. The van der Waals surface area contributed by atoms with E-state index in [1.807, 2.05) is 0 Å². The highest BCUT2D eigenvalue weighted by molar-refractivity contribution is 6.02. The molecule has 2 rings (SSSR count). The third-order valence-electron chi connectivity index (χ3n) is 3.95. The fraction of sp³-hybridized carbons (Fsp3) is 0.286. The molecule has 0 bridgehead atoms. The van der Waals surface area contributed by atoms with Crippen LogP contribution in [0.4, 0.5) is 0 Å². The zero-order chi connectivity index (χ0) is 20.4. The first-order valence-electron chi connectivity index (χ1n) is 8.90. The van der Waals surface area contributed by atoms with Crippen molar-refractivity contribution in [1.29, 1.82) is 5.53 Å². The highest BCUT2D eigenvalue weighted by Gasteiger charge is 2.12. The van der Waals surface area contributed by atoms with Gasteiger partial charge in [0.25, 0.3) is 0 Å². The van der Waals surface area contributed by atoms with Crippen molar-refractivity contribution in [3.63, 3.8) is 0 Å². The summed E-state index contributed by atoms with van der Waals surface area (Å²) in [7, 11) is 0. The molecule has 146 valence electrons. The lowest BCUT2D eigenvalue weighted by atomic mass is 10.0. The Balaban J connectivity index is 1.84. The Kier molecular flexibility index (Phi) is 8.02. The molecule has 7 nitrogen and oxygen atoms in total. The first-order chi connectivity index (χ1) is 13.5. The number of nitrogens with zero attached hydrogens (tertiary/aromatic N) is 1. The molecule has 1 N–H and O–H groups in total. The Morgan fingerprint density at radius 3 is 1.93 bits per heavy atom. The summed E-state index contributed by atoms with van der Waals surface area (Å²) in [5, 5.41) is 3.30. The summed E-state index contributed by atoms with van der Waals surface area (Å²) in [6.07, 6.45) is 0.216. The molecule has 0 amide bonds. The molecule has 0 aromatic heterocycles. The number of hydrogen-bond acceptors (Lipinski definition) is 7. The van der Waals surface area contributed by atoms with Gasteiger partial charge in [-0.25, -0.2) is 10.3 Å². The van der Waals surface area contributed by atoms with Gasteiger partial charge in [0.2, 0.25) is 0 Å². The molecule has 0 saturated heterocycles. The molecule has 0 aliphatic heterocycles. The maximum atomic E-state index is 12.3. The summed E-state index contributed by atoms with van der Waals surface area (Å²) in [4.78, 5) is 35.8. The van der Waals surface area contributed by atoms with Crippen molar-refractivity contribution in [3.05, 3.63) is 65.2 Å². The van der Waals surface area contributed by atoms with E-state index in [1.165, 1.54) is 0 Å². The van der Waals surface area contributed by atoms with Crippen LogP contribution in [0.2, 0.25) is 0 Å². The van der Waals surface area contributed by atoms with Crippen molar-refractivity contribution in [1.82, 2.24) is 0 Å². The maximum Gasteiger partial charge on any atom is 0.344 e. The SMILES string of the molecule is CCOC(=O)COc1ccc(C(=O)CCC(=O)c2ccc(CN=N)cc2)cc1. The number of ketones is 2. The van der Waals surface area contributed by atoms with Gasteiger partial charge in [-0.3, -0.25) is 9.59 Å². The maximum absolute atomic E-state index is 12.3. The van der Waals surface area contributed by atoms with Crippen LogP contribution in [0.3, 0.4) is 0 Å². The number of esters is 1. The Bertz CT molecular complexity index is 829. The molecule has 0 fully saturated rings. The van der Waals surface area contributed by atoms with Crippen LogP contribution in [-0.2, 0) is 16.1 Å². The molecule has 0 atom stereocenters. The van der Waals surface area contributed by atoms with Gasteiger partial charge in [0.15, 0.2) is 18.2 Å². The van der Waals surface area contributed by atoms with E-state index in [0.29, 0.717) is 23.5 Å². The minimum absolute atomic E-state index is 0.103.